The molecule has 0 saturated carbocycles. The summed E-state index contributed by atoms with van der Waals surface area (Å²) in [5, 5.41) is 3.26. The summed E-state index contributed by atoms with van der Waals surface area (Å²) in [4.78, 5) is 8.77. The highest BCUT2D eigenvalue weighted by molar-refractivity contribution is 7.88. The molecule has 3 aromatic carbocycles. The van der Waals surface area contributed by atoms with Gasteiger partial charge in [-0.1, -0.05) is 54.6 Å². The smallest absolute Gasteiger partial charge is 0.216 e. The molecule has 4 aromatic rings. The number of nitrogens with one attached hydrogen (secondary N) is 2. The fourth-order valence-corrected chi connectivity index (χ4v) is 5.00. The summed E-state index contributed by atoms with van der Waals surface area (Å²) >= 11 is 0. The van der Waals surface area contributed by atoms with Gasteiger partial charge in [-0.2, -0.15) is 0 Å². The van der Waals surface area contributed by atoms with Crippen molar-refractivity contribution in [1.82, 2.24) is 14.7 Å². The van der Waals surface area contributed by atoms with E-state index in [-0.39, 0.29) is 11.8 Å². The van der Waals surface area contributed by atoms with Gasteiger partial charge in [0.1, 0.15) is 24.5 Å². The maximum absolute atomic E-state index is 12.2. The minimum absolute atomic E-state index is 0.0666. The Morgan fingerprint density at radius 1 is 0.857 bits per heavy atom. The molecule has 35 heavy (non-hydrogen) atoms. The summed E-state index contributed by atoms with van der Waals surface area (Å²) in [5.41, 5.74) is 4.18. The van der Waals surface area contributed by atoms with Crippen LogP contribution in [0, 0.1) is 0 Å². The van der Waals surface area contributed by atoms with Crippen LogP contribution < -0.4 is 14.8 Å². The van der Waals surface area contributed by atoms with E-state index in [4.69, 9.17) is 4.74 Å². The predicted octanol–water partition coefficient (Wildman–Crippen LogP) is 5.29. The van der Waals surface area contributed by atoms with E-state index >= 15 is 0 Å². The minimum atomic E-state index is -3.37. The summed E-state index contributed by atoms with van der Waals surface area (Å²) in [5.74, 6) is 1.29. The topological polar surface area (TPSA) is 93.2 Å². The van der Waals surface area contributed by atoms with Crippen LogP contribution in [-0.4, -0.2) is 24.4 Å². The number of aromatic nitrogens is 2. The van der Waals surface area contributed by atoms with Gasteiger partial charge in [0.05, 0.1) is 11.4 Å². The zero-order chi connectivity index (χ0) is 24.7. The summed E-state index contributed by atoms with van der Waals surface area (Å²) in [6.07, 6.45) is 1.50. The second-order valence-electron chi connectivity index (χ2n) is 8.41. The normalized spacial score (nSPS) is 11.4. The first kappa shape index (κ1) is 24.4. The van der Waals surface area contributed by atoms with Gasteiger partial charge in [0, 0.05) is 23.4 Å². The van der Waals surface area contributed by atoms with Crippen LogP contribution in [0.3, 0.4) is 0 Å². The zero-order valence-corrected chi connectivity index (χ0v) is 20.5. The minimum Gasteiger partial charge on any atom is -0.488 e. The third-order valence-corrected chi connectivity index (χ3v) is 6.61. The Balaban J connectivity index is 1.46. The third kappa shape index (κ3) is 7.11. The van der Waals surface area contributed by atoms with Crippen molar-refractivity contribution >= 4 is 21.5 Å². The SMILES string of the molecule is CC(C)NS(=O)(=O)Cc1ccc(Nc2cc(-c3ccccc3OCc3ccccc3)ncn2)cc1. The lowest BCUT2D eigenvalue weighted by atomic mass is 10.1. The van der Waals surface area contributed by atoms with Crippen LogP contribution in [0.15, 0.2) is 91.3 Å². The van der Waals surface area contributed by atoms with Crippen LogP contribution in [0.5, 0.6) is 5.75 Å². The van der Waals surface area contributed by atoms with Crippen molar-refractivity contribution in [2.45, 2.75) is 32.2 Å². The molecule has 8 heteroatoms. The summed E-state index contributed by atoms with van der Waals surface area (Å²) in [6.45, 7) is 4.06. The number of para-hydroxylation sites is 1. The molecule has 180 valence electrons. The van der Waals surface area contributed by atoms with Crippen LogP contribution in [0.25, 0.3) is 11.3 Å². The van der Waals surface area contributed by atoms with E-state index in [2.05, 4.69) is 20.0 Å². The number of nitrogens with zero attached hydrogens (tertiary/aromatic N) is 2. The van der Waals surface area contributed by atoms with Crippen molar-refractivity contribution in [2.75, 3.05) is 5.32 Å². The highest BCUT2D eigenvalue weighted by Gasteiger charge is 2.13. The molecule has 0 amide bonds. The average Bonchev–Trinajstić information content (AvgIpc) is 2.84. The average molecular weight is 489 g/mol. The molecular weight excluding hydrogens is 460 g/mol. The van der Waals surface area contributed by atoms with Crippen LogP contribution in [-0.2, 0) is 22.4 Å². The molecule has 0 radical (unpaired) electrons. The molecular formula is C27H28N4O3S. The first-order valence-corrected chi connectivity index (χ1v) is 13.0. The van der Waals surface area contributed by atoms with E-state index in [0.717, 1.165) is 28.3 Å². The Labute approximate surface area is 206 Å². The first-order valence-electron chi connectivity index (χ1n) is 11.3. The number of benzene rings is 3. The van der Waals surface area contributed by atoms with Crippen molar-refractivity contribution in [3.05, 3.63) is 102 Å². The number of hydrogen-bond acceptors (Lipinski definition) is 6. The standard InChI is InChI=1S/C27H28N4O3S/c1-20(2)31-35(32,33)18-22-12-14-23(15-13-22)30-27-16-25(28-19-29-27)24-10-6-7-11-26(24)34-17-21-8-4-3-5-9-21/h3-16,19-20,31H,17-18H2,1-2H3,(H,28,29,30). The number of hydrogen-bond donors (Lipinski definition) is 2. The lowest BCUT2D eigenvalue weighted by Gasteiger charge is -2.13. The lowest BCUT2D eigenvalue weighted by molar-refractivity contribution is 0.307. The largest absolute Gasteiger partial charge is 0.488 e. The van der Waals surface area contributed by atoms with Crippen LogP contribution in [0.4, 0.5) is 11.5 Å². The molecule has 4 rings (SSSR count). The number of sulfonamides is 1. The lowest BCUT2D eigenvalue weighted by Crippen LogP contribution is -2.31. The van der Waals surface area contributed by atoms with Crippen LogP contribution in [0.2, 0.25) is 0 Å². The molecule has 7 nitrogen and oxygen atoms in total. The number of anilines is 2. The Morgan fingerprint density at radius 3 is 2.31 bits per heavy atom. The van der Waals surface area contributed by atoms with E-state index in [1.54, 1.807) is 26.0 Å². The van der Waals surface area contributed by atoms with Gasteiger partial charge in [0.2, 0.25) is 10.0 Å². The monoisotopic (exact) mass is 488 g/mol. The van der Waals surface area contributed by atoms with Crippen molar-refractivity contribution < 1.29 is 13.2 Å². The molecule has 0 atom stereocenters. The van der Waals surface area contributed by atoms with E-state index in [1.807, 2.05) is 72.8 Å². The molecule has 0 aliphatic carbocycles. The zero-order valence-electron chi connectivity index (χ0n) is 19.7. The van der Waals surface area contributed by atoms with E-state index in [1.165, 1.54) is 6.33 Å². The van der Waals surface area contributed by atoms with E-state index in [0.29, 0.717) is 18.0 Å². The Hall–Kier alpha value is -3.75. The molecule has 0 saturated heterocycles. The second-order valence-corrected chi connectivity index (χ2v) is 10.2. The Morgan fingerprint density at radius 2 is 1.57 bits per heavy atom. The fraction of sp³-hybridized carbons (Fsp3) is 0.185. The summed E-state index contributed by atoms with van der Waals surface area (Å²) in [6, 6.07) is 26.7. The van der Waals surface area contributed by atoms with Crippen LogP contribution >= 0.6 is 0 Å². The Kier molecular flexibility index (Phi) is 7.74. The predicted molar refractivity (Wildman–Crippen MR) is 139 cm³/mol. The van der Waals surface area contributed by atoms with E-state index < -0.39 is 10.0 Å². The number of rotatable bonds is 10. The molecule has 0 unspecified atom stereocenters. The first-order chi connectivity index (χ1) is 16.9. The van der Waals surface area contributed by atoms with Gasteiger partial charge in [0.25, 0.3) is 0 Å². The number of ether oxygens (including phenoxy) is 1. The fourth-order valence-electron chi connectivity index (χ4n) is 3.56. The van der Waals surface area contributed by atoms with Crippen molar-refractivity contribution in [3.63, 3.8) is 0 Å². The maximum Gasteiger partial charge on any atom is 0.216 e. The molecule has 2 N–H and O–H groups in total. The van der Waals surface area contributed by atoms with Gasteiger partial charge < -0.3 is 10.1 Å². The summed E-state index contributed by atoms with van der Waals surface area (Å²) in [7, 11) is -3.37. The molecule has 0 fully saturated rings. The third-order valence-electron chi connectivity index (χ3n) is 5.07. The van der Waals surface area contributed by atoms with Gasteiger partial charge in [-0.25, -0.2) is 23.1 Å². The van der Waals surface area contributed by atoms with Gasteiger partial charge in [-0.3, -0.25) is 0 Å². The maximum atomic E-state index is 12.2. The van der Waals surface area contributed by atoms with Gasteiger partial charge in [-0.05, 0) is 49.2 Å². The molecule has 1 aromatic heterocycles. The molecule has 1 heterocycles. The van der Waals surface area contributed by atoms with E-state index in [9.17, 15) is 8.42 Å². The van der Waals surface area contributed by atoms with Gasteiger partial charge >= 0.3 is 0 Å². The second kappa shape index (κ2) is 11.1. The van der Waals surface area contributed by atoms with Gasteiger partial charge in [0.15, 0.2) is 0 Å². The quantitative estimate of drug-likeness (QED) is 0.315. The summed E-state index contributed by atoms with van der Waals surface area (Å²) < 4.78 is 33.0. The highest BCUT2D eigenvalue weighted by atomic mass is 32.2. The van der Waals surface area contributed by atoms with Gasteiger partial charge in [-0.15, -0.1) is 0 Å². The molecule has 0 aliphatic heterocycles. The van der Waals surface area contributed by atoms with Crippen molar-refractivity contribution in [1.29, 1.82) is 0 Å². The molecule has 0 spiro atoms. The van der Waals surface area contributed by atoms with Crippen LogP contribution in [0.1, 0.15) is 25.0 Å². The molecule has 0 aliphatic rings. The Bertz CT molecular complexity index is 1360. The van der Waals surface area contributed by atoms with Crippen molar-refractivity contribution in [3.8, 4) is 17.0 Å². The molecule has 0 bridgehead atoms. The van der Waals surface area contributed by atoms with Crippen molar-refractivity contribution in [2.24, 2.45) is 0 Å². The highest BCUT2D eigenvalue weighted by Crippen LogP contribution is 2.30.